The van der Waals surface area contributed by atoms with E-state index in [2.05, 4.69) is 4.98 Å². The van der Waals surface area contributed by atoms with Gasteiger partial charge in [0.1, 0.15) is 17.2 Å². The van der Waals surface area contributed by atoms with Crippen LogP contribution in [0.15, 0.2) is 23.6 Å². The molecule has 2 aromatic rings. The first-order chi connectivity index (χ1) is 12.2. The van der Waals surface area contributed by atoms with Crippen molar-refractivity contribution in [2.24, 2.45) is 5.73 Å². The zero-order valence-corrected chi connectivity index (χ0v) is 15.3. The molecule has 1 heterocycles. The Balaban J connectivity index is 1.83. The lowest BCUT2D eigenvalue weighted by molar-refractivity contribution is 0.0723. The highest BCUT2D eigenvalue weighted by Crippen LogP contribution is 2.33. The number of aromatic nitrogens is 1. The molecule has 0 saturated heterocycles. The van der Waals surface area contributed by atoms with Crippen molar-refractivity contribution in [1.82, 2.24) is 9.88 Å². The van der Waals surface area contributed by atoms with Gasteiger partial charge in [0.2, 0.25) is 0 Å². The summed E-state index contributed by atoms with van der Waals surface area (Å²) in [5, 5.41) is 2.73. The lowest BCUT2D eigenvalue weighted by Crippen LogP contribution is -2.33. The van der Waals surface area contributed by atoms with Crippen LogP contribution in [0, 0.1) is 0 Å². The van der Waals surface area contributed by atoms with Crippen LogP contribution in [-0.2, 0) is 13.0 Å². The van der Waals surface area contributed by atoms with Crippen molar-refractivity contribution in [3.8, 4) is 11.5 Å². The molecule has 6 nitrogen and oxygen atoms in total. The highest BCUT2D eigenvalue weighted by molar-refractivity contribution is 7.09. The van der Waals surface area contributed by atoms with Gasteiger partial charge in [0.05, 0.1) is 25.8 Å². The van der Waals surface area contributed by atoms with E-state index >= 15 is 0 Å². The van der Waals surface area contributed by atoms with Crippen molar-refractivity contribution < 1.29 is 14.3 Å². The number of rotatable bonds is 8. The molecule has 1 aliphatic carbocycles. The summed E-state index contributed by atoms with van der Waals surface area (Å²) in [6.45, 7) is 1.02. The SMILES string of the molecule is COc1ccc(OC)c(CN(C(=O)c2csc(CCN)n2)C2CC2)c1. The lowest BCUT2D eigenvalue weighted by atomic mass is 10.1. The first kappa shape index (κ1) is 17.7. The largest absolute Gasteiger partial charge is 0.497 e. The van der Waals surface area contributed by atoms with E-state index < -0.39 is 0 Å². The molecular formula is C18H23N3O3S. The molecule has 1 saturated carbocycles. The summed E-state index contributed by atoms with van der Waals surface area (Å²) in [4.78, 5) is 19.3. The van der Waals surface area contributed by atoms with E-state index in [0.717, 1.165) is 34.9 Å². The summed E-state index contributed by atoms with van der Waals surface area (Å²) in [7, 11) is 3.26. The van der Waals surface area contributed by atoms with Gasteiger partial charge in [-0.1, -0.05) is 0 Å². The predicted octanol–water partition coefficient (Wildman–Crippen LogP) is 2.47. The van der Waals surface area contributed by atoms with Gasteiger partial charge >= 0.3 is 0 Å². The fourth-order valence-electron chi connectivity index (χ4n) is 2.74. The number of carbonyl (C=O) groups is 1. The third-order valence-electron chi connectivity index (χ3n) is 4.21. The predicted molar refractivity (Wildman–Crippen MR) is 97.3 cm³/mol. The standard InChI is InChI=1S/C18H23N3O3S/c1-23-14-5-6-16(24-2)12(9-14)10-21(13-3-4-13)18(22)15-11-25-17(20-15)7-8-19/h5-6,9,11,13H,3-4,7-8,10,19H2,1-2H3. The average Bonchev–Trinajstić information content (AvgIpc) is 3.37. The van der Waals surface area contributed by atoms with E-state index in [-0.39, 0.29) is 11.9 Å². The molecule has 0 unspecified atom stereocenters. The van der Waals surface area contributed by atoms with Crippen LogP contribution in [0.2, 0.25) is 0 Å². The molecule has 0 radical (unpaired) electrons. The van der Waals surface area contributed by atoms with Gasteiger partial charge in [-0.2, -0.15) is 0 Å². The molecule has 0 spiro atoms. The fourth-order valence-corrected chi connectivity index (χ4v) is 3.52. The molecule has 0 atom stereocenters. The van der Waals surface area contributed by atoms with Crippen LogP contribution < -0.4 is 15.2 Å². The second-order valence-corrected chi connectivity index (χ2v) is 6.95. The quantitative estimate of drug-likeness (QED) is 0.781. The second kappa shape index (κ2) is 7.84. The zero-order chi connectivity index (χ0) is 17.8. The van der Waals surface area contributed by atoms with Crippen molar-refractivity contribution >= 4 is 17.2 Å². The molecule has 25 heavy (non-hydrogen) atoms. The first-order valence-corrected chi connectivity index (χ1v) is 9.20. The van der Waals surface area contributed by atoms with Crippen LogP contribution in [0.5, 0.6) is 11.5 Å². The van der Waals surface area contributed by atoms with Crippen LogP contribution >= 0.6 is 11.3 Å². The van der Waals surface area contributed by atoms with E-state index in [0.29, 0.717) is 25.2 Å². The Kier molecular flexibility index (Phi) is 5.55. The highest BCUT2D eigenvalue weighted by Gasteiger charge is 2.34. The Bertz CT molecular complexity index is 743. The van der Waals surface area contributed by atoms with Gasteiger partial charge in [-0.05, 0) is 37.6 Å². The Morgan fingerprint density at radius 3 is 2.80 bits per heavy atom. The van der Waals surface area contributed by atoms with Crippen LogP contribution in [0.1, 0.15) is 33.9 Å². The van der Waals surface area contributed by atoms with Crippen LogP contribution in [0.4, 0.5) is 0 Å². The number of nitrogens with zero attached hydrogens (tertiary/aromatic N) is 2. The Hall–Kier alpha value is -2.12. The smallest absolute Gasteiger partial charge is 0.273 e. The summed E-state index contributed by atoms with van der Waals surface area (Å²) in [5.41, 5.74) is 7.00. The second-order valence-electron chi connectivity index (χ2n) is 6.01. The van der Waals surface area contributed by atoms with Gasteiger partial charge in [0.25, 0.3) is 5.91 Å². The molecular weight excluding hydrogens is 338 g/mol. The first-order valence-electron chi connectivity index (χ1n) is 8.32. The van der Waals surface area contributed by atoms with Gasteiger partial charge in [-0.15, -0.1) is 11.3 Å². The molecule has 1 fully saturated rings. The number of nitrogens with two attached hydrogens (primary N) is 1. The topological polar surface area (TPSA) is 77.7 Å². The summed E-state index contributed by atoms with van der Waals surface area (Å²) in [6.07, 6.45) is 2.75. The van der Waals surface area contributed by atoms with Crippen molar-refractivity contribution in [3.05, 3.63) is 39.8 Å². The molecule has 1 aliphatic rings. The number of amides is 1. The fraction of sp³-hybridized carbons (Fsp3) is 0.444. The summed E-state index contributed by atoms with van der Waals surface area (Å²) in [6, 6.07) is 5.91. The number of thiazole rings is 1. The highest BCUT2D eigenvalue weighted by atomic mass is 32.1. The Morgan fingerprint density at radius 1 is 1.36 bits per heavy atom. The van der Waals surface area contributed by atoms with E-state index in [1.807, 2.05) is 28.5 Å². The number of benzene rings is 1. The van der Waals surface area contributed by atoms with Crippen molar-refractivity contribution in [2.45, 2.75) is 31.8 Å². The van der Waals surface area contributed by atoms with Crippen molar-refractivity contribution in [3.63, 3.8) is 0 Å². The van der Waals surface area contributed by atoms with Gasteiger partial charge in [-0.3, -0.25) is 4.79 Å². The normalized spacial score (nSPS) is 13.6. The third-order valence-corrected chi connectivity index (χ3v) is 5.11. The number of carbonyl (C=O) groups excluding carboxylic acids is 1. The number of hydrogen-bond acceptors (Lipinski definition) is 6. The maximum absolute atomic E-state index is 13.0. The summed E-state index contributed by atoms with van der Waals surface area (Å²) < 4.78 is 10.8. The van der Waals surface area contributed by atoms with E-state index in [4.69, 9.17) is 15.2 Å². The molecule has 1 aromatic heterocycles. The van der Waals surface area contributed by atoms with Crippen LogP contribution in [-0.4, -0.2) is 42.6 Å². The summed E-state index contributed by atoms with van der Waals surface area (Å²) in [5.74, 6) is 1.46. The van der Waals surface area contributed by atoms with E-state index in [1.54, 1.807) is 14.2 Å². The molecule has 7 heteroatoms. The van der Waals surface area contributed by atoms with E-state index in [9.17, 15) is 4.79 Å². The Morgan fingerprint density at radius 2 is 2.16 bits per heavy atom. The van der Waals surface area contributed by atoms with Crippen LogP contribution in [0.25, 0.3) is 0 Å². The maximum Gasteiger partial charge on any atom is 0.273 e. The molecule has 3 rings (SSSR count). The molecule has 134 valence electrons. The van der Waals surface area contributed by atoms with Crippen molar-refractivity contribution in [1.29, 1.82) is 0 Å². The molecule has 0 bridgehead atoms. The minimum absolute atomic E-state index is 0.0353. The monoisotopic (exact) mass is 361 g/mol. The van der Waals surface area contributed by atoms with E-state index in [1.165, 1.54) is 11.3 Å². The maximum atomic E-state index is 13.0. The Labute approximate surface area is 151 Å². The lowest BCUT2D eigenvalue weighted by Gasteiger charge is -2.23. The number of ether oxygens (including phenoxy) is 2. The van der Waals surface area contributed by atoms with Crippen molar-refractivity contribution in [2.75, 3.05) is 20.8 Å². The molecule has 1 amide bonds. The van der Waals surface area contributed by atoms with Gasteiger partial charge < -0.3 is 20.1 Å². The molecule has 2 N–H and O–H groups in total. The minimum atomic E-state index is -0.0353. The molecule has 0 aliphatic heterocycles. The number of methoxy groups -OCH3 is 2. The summed E-state index contributed by atoms with van der Waals surface area (Å²) >= 11 is 1.49. The minimum Gasteiger partial charge on any atom is -0.497 e. The average molecular weight is 361 g/mol. The third kappa shape index (κ3) is 4.11. The van der Waals surface area contributed by atoms with Crippen LogP contribution in [0.3, 0.4) is 0 Å². The number of hydrogen-bond donors (Lipinski definition) is 1. The van der Waals surface area contributed by atoms with Gasteiger partial charge in [0, 0.05) is 23.4 Å². The zero-order valence-electron chi connectivity index (χ0n) is 14.5. The van der Waals surface area contributed by atoms with Gasteiger partial charge in [-0.25, -0.2) is 4.98 Å². The molecule has 1 aromatic carbocycles. The van der Waals surface area contributed by atoms with Gasteiger partial charge in [0.15, 0.2) is 0 Å².